The van der Waals surface area contributed by atoms with Gasteiger partial charge in [-0.15, -0.1) is 0 Å². The van der Waals surface area contributed by atoms with E-state index < -0.39 is 16.3 Å². The Hall–Kier alpha value is -1.78. The molecule has 0 aliphatic carbocycles. The number of aromatic nitrogens is 2. The molecule has 1 atom stereocenters. The second-order valence-corrected chi connectivity index (χ2v) is 9.30. The average Bonchev–Trinajstić information content (AvgIpc) is 2.66. The first-order valence-corrected chi connectivity index (χ1v) is 10.7. The third-order valence-electron chi connectivity index (χ3n) is 5.27. The number of hydrogen-bond donors (Lipinski definition) is 1. The molecule has 1 aromatic rings. The van der Waals surface area contributed by atoms with Gasteiger partial charge in [0.25, 0.3) is 10.2 Å². The van der Waals surface area contributed by atoms with Crippen LogP contribution in [0.25, 0.3) is 0 Å². The van der Waals surface area contributed by atoms with Gasteiger partial charge in [0.05, 0.1) is 18.3 Å². The van der Waals surface area contributed by atoms with Crippen molar-refractivity contribution in [3.63, 3.8) is 0 Å². The Kier molecular flexibility index (Phi) is 5.68. The number of anilines is 1. The zero-order valence-electron chi connectivity index (χ0n) is 16.4. The van der Waals surface area contributed by atoms with E-state index in [0.717, 1.165) is 29.9 Å². The van der Waals surface area contributed by atoms with Gasteiger partial charge in [-0.2, -0.15) is 17.0 Å². The summed E-state index contributed by atoms with van der Waals surface area (Å²) in [7, 11) is 1.32. The van der Waals surface area contributed by atoms with Gasteiger partial charge in [0.2, 0.25) is 5.91 Å². The normalized spacial score (nSPS) is 21.2. The molecule has 0 spiro atoms. The molecule has 9 nitrogen and oxygen atoms in total. The lowest BCUT2D eigenvalue weighted by Crippen LogP contribution is -2.45. The Morgan fingerprint density at radius 1 is 1.22 bits per heavy atom. The van der Waals surface area contributed by atoms with Crippen LogP contribution in [0.5, 0.6) is 0 Å². The molecule has 2 aliphatic rings. The molecule has 27 heavy (non-hydrogen) atoms. The maximum absolute atomic E-state index is 12.8. The second kappa shape index (κ2) is 7.69. The number of piperidine rings is 1. The summed E-state index contributed by atoms with van der Waals surface area (Å²) in [5.74, 6) is 1.25. The molecule has 0 saturated carbocycles. The minimum Gasteiger partial charge on any atom is -0.373 e. The fourth-order valence-corrected chi connectivity index (χ4v) is 5.02. The third kappa shape index (κ3) is 3.78. The van der Waals surface area contributed by atoms with E-state index in [9.17, 15) is 13.2 Å². The first-order chi connectivity index (χ1) is 12.8. The Balaban J connectivity index is 2.03. The molecule has 1 N–H and O–H groups in total. The van der Waals surface area contributed by atoms with Gasteiger partial charge in [0, 0.05) is 46.7 Å². The highest BCUT2D eigenvalue weighted by Gasteiger charge is 2.37. The van der Waals surface area contributed by atoms with Gasteiger partial charge >= 0.3 is 0 Å². The molecule has 1 fully saturated rings. The first kappa shape index (κ1) is 20.0. The molecule has 2 aliphatic heterocycles. The van der Waals surface area contributed by atoms with Crippen LogP contribution in [0, 0.1) is 0 Å². The number of hydrogen-bond acceptors (Lipinski definition) is 6. The van der Waals surface area contributed by atoms with Crippen LogP contribution in [0.4, 0.5) is 5.82 Å². The smallest absolute Gasteiger partial charge is 0.282 e. The molecule has 150 valence electrons. The first-order valence-electron chi connectivity index (χ1n) is 9.28. The summed E-state index contributed by atoms with van der Waals surface area (Å²) in [5, 5.41) is 3.12. The van der Waals surface area contributed by atoms with Crippen molar-refractivity contribution in [1.29, 1.82) is 0 Å². The molecular weight excluding hydrogens is 368 g/mol. The van der Waals surface area contributed by atoms with Crippen molar-refractivity contribution in [3.8, 4) is 0 Å². The van der Waals surface area contributed by atoms with Gasteiger partial charge in [-0.3, -0.25) is 4.79 Å². The second-order valence-electron chi connectivity index (χ2n) is 7.21. The SMILES string of the molecule is CNc1nc([C@H]2CCCCN2S(=O)(=O)N(C)C)nc2c1CCN(C(C)=O)C2. The lowest BCUT2D eigenvalue weighted by Gasteiger charge is -2.36. The van der Waals surface area contributed by atoms with Crippen LogP contribution in [-0.2, 0) is 28.0 Å². The maximum Gasteiger partial charge on any atom is 0.282 e. The Labute approximate surface area is 160 Å². The Morgan fingerprint density at radius 2 is 1.96 bits per heavy atom. The summed E-state index contributed by atoms with van der Waals surface area (Å²) >= 11 is 0. The van der Waals surface area contributed by atoms with Crippen LogP contribution >= 0.6 is 0 Å². The van der Waals surface area contributed by atoms with Crippen molar-refractivity contribution in [1.82, 2.24) is 23.5 Å². The van der Waals surface area contributed by atoms with Gasteiger partial charge in [-0.05, 0) is 19.3 Å². The predicted molar refractivity (Wildman–Crippen MR) is 102 cm³/mol. The van der Waals surface area contributed by atoms with Gasteiger partial charge in [-0.1, -0.05) is 6.42 Å². The van der Waals surface area contributed by atoms with Crippen LogP contribution in [-0.4, -0.2) is 72.0 Å². The summed E-state index contributed by atoms with van der Waals surface area (Å²) in [6, 6.07) is -0.392. The average molecular weight is 397 g/mol. The molecular formula is C17H28N6O3S. The molecule has 1 saturated heterocycles. The van der Waals surface area contributed by atoms with Crippen LogP contribution in [0.3, 0.4) is 0 Å². The van der Waals surface area contributed by atoms with E-state index in [1.807, 2.05) is 0 Å². The fourth-order valence-electron chi connectivity index (χ4n) is 3.72. The fraction of sp³-hybridized carbons (Fsp3) is 0.706. The van der Waals surface area contributed by atoms with Crippen molar-refractivity contribution in [2.24, 2.45) is 0 Å². The summed E-state index contributed by atoms with van der Waals surface area (Å²) in [4.78, 5) is 22.9. The van der Waals surface area contributed by atoms with E-state index in [2.05, 4.69) is 10.3 Å². The minimum absolute atomic E-state index is 0.0151. The number of fused-ring (bicyclic) bond motifs is 1. The van der Waals surface area contributed by atoms with E-state index in [-0.39, 0.29) is 5.91 Å². The van der Waals surface area contributed by atoms with Gasteiger partial charge in [0.1, 0.15) is 11.6 Å². The van der Waals surface area contributed by atoms with Gasteiger partial charge < -0.3 is 10.2 Å². The highest BCUT2D eigenvalue weighted by atomic mass is 32.2. The minimum atomic E-state index is -3.56. The molecule has 1 amide bonds. The zero-order valence-corrected chi connectivity index (χ0v) is 17.2. The lowest BCUT2D eigenvalue weighted by atomic mass is 10.0. The number of nitrogens with one attached hydrogen (secondary N) is 1. The summed E-state index contributed by atoms with van der Waals surface area (Å²) in [6.45, 7) is 3.09. The van der Waals surface area contributed by atoms with Crippen LogP contribution in [0.1, 0.15) is 49.3 Å². The molecule has 0 unspecified atom stereocenters. The zero-order chi connectivity index (χ0) is 19.8. The molecule has 3 heterocycles. The van der Waals surface area contributed by atoms with E-state index in [1.165, 1.54) is 8.61 Å². The Bertz CT molecular complexity index is 826. The van der Waals surface area contributed by atoms with E-state index in [1.54, 1.807) is 33.0 Å². The molecule has 0 aromatic carbocycles. The summed E-state index contributed by atoms with van der Waals surface area (Å²) < 4.78 is 28.3. The lowest BCUT2D eigenvalue weighted by molar-refractivity contribution is -0.129. The largest absolute Gasteiger partial charge is 0.373 e. The molecule has 1 aromatic heterocycles. The van der Waals surface area contributed by atoms with Crippen molar-refractivity contribution in [2.45, 2.75) is 45.2 Å². The molecule has 3 rings (SSSR count). The third-order valence-corrected chi connectivity index (χ3v) is 7.23. The molecule has 0 radical (unpaired) electrons. The van der Waals surface area contributed by atoms with Crippen LogP contribution in [0.15, 0.2) is 0 Å². The standard InChI is InChI=1S/C17H28N6O3S/c1-12(24)22-10-8-13-14(11-22)19-17(20-16(13)18-2)15-7-5-6-9-23(15)27(25,26)21(3)4/h15H,5-11H2,1-4H3,(H,18,19,20)/t15-/m1/s1. The highest BCUT2D eigenvalue weighted by Crippen LogP contribution is 2.34. The number of amides is 1. The number of rotatable bonds is 4. The van der Waals surface area contributed by atoms with E-state index in [4.69, 9.17) is 4.98 Å². The number of carbonyl (C=O) groups is 1. The number of carbonyl (C=O) groups excluding carboxylic acids is 1. The maximum atomic E-state index is 12.8. The summed E-state index contributed by atoms with van der Waals surface area (Å²) in [6.07, 6.45) is 3.13. The van der Waals surface area contributed by atoms with Gasteiger partial charge in [-0.25, -0.2) is 9.97 Å². The van der Waals surface area contributed by atoms with Crippen molar-refractivity contribution in [2.75, 3.05) is 39.5 Å². The molecule has 0 bridgehead atoms. The van der Waals surface area contributed by atoms with Crippen LogP contribution < -0.4 is 5.32 Å². The monoisotopic (exact) mass is 396 g/mol. The van der Waals surface area contributed by atoms with E-state index in [0.29, 0.717) is 38.3 Å². The van der Waals surface area contributed by atoms with Crippen molar-refractivity contribution in [3.05, 3.63) is 17.1 Å². The number of nitrogens with zero attached hydrogens (tertiary/aromatic N) is 5. The summed E-state index contributed by atoms with van der Waals surface area (Å²) in [5.41, 5.74) is 1.81. The van der Waals surface area contributed by atoms with Gasteiger partial charge in [0.15, 0.2) is 0 Å². The Morgan fingerprint density at radius 3 is 2.59 bits per heavy atom. The quantitative estimate of drug-likeness (QED) is 0.807. The van der Waals surface area contributed by atoms with Crippen molar-refractivity contribution >= 4 is 21.9 Å². The van der Waals surface area contributed by atoms with Crippen LogP contribution in [0.2, 0.25) is 0 Å². The predicted octanol–water partition coefficient (Wildman–Crippen LogP) is 0.756. The molecule has 10 heteroatoms. The highest BCUT2D eigenvalue weighted by molar-refractivity contribution is 7.86. The van der Waals surface area contributed by atoms with E-state index >= 15 is 0 Å². The van der Waals surface area contributed by atoms with Crippen molar-refractivity contribution < 1.29 is 13.2 Å². The topological polar surface area (TPSA) is 98.7 Å².